The van der Waals surface area contributed by atoms with Crippen LogP contribution in [0.1, 0.15) is 25.8 Å². The molecule has 15 nitrogen and oxygen atoms in total. The monoisotopic (exact) mass is 593 g/mol. The van der Waals surface area contributed by atoms with E-state index in [1.54, 1.807) is 16.9 Å². The average molecular weight is 594 g/mol. The van der Waals surface area contributed by atoms with Crippen LogP contribution in [-0.4, -0.2) is 56.6 Å². The number of carbonyl (C=O) groups excluding carboxylic acids is 1. The first-order valence-electron chi connectivity index (χ1n) is 12.0. The Morgan fingerprint density at radius 3 is 2.73 bits per heavy atom. The number of amidine groups is 1. The number of anilines is 2. The maximum absolute atomic E-state index is 13.5. The summed E-state index contributed by atoms with van der Waals surface area (Å²) in [6.45, 7) is 4.01. The molecule has 0 atom stereocenters. The Balaban J connectivity index is 1.72. The van der Waals surface area contributed by atoms with E-state index in [0.29, 0.717) is 6.42 Å². The number of ether oxygens (including phenoxy) is 1. The molecule has 3 aromatic rings. The maximum atomic E-state index is 13.5. The third-order valence-corrected chi connectivity index (χ3v) is 7.96. The number of nitrogens with zero attached hydrogens (tertiary/aromatic N) is 3. The maximum Gasteiger partial charge on any atom is 0.422 e. The fourth-order valence-corrected chi connectivity index (χ4v) is 5.79. The second-order valence-corrected chi connectivity index (χ2v) is 12.1. The molecule has 3 heterocycles. The lowest BCUT2D eigenvalue weighted by Crippen LogP contribution is -2.36. The molecule has 0 radical (unpaired) electrons. The topological polar surface area (TPSA) is 224 Å². The second kappa shape index (κ2) is 11.1. The number of rotatable bonds is 9. The first kappa shape index (κ1) is 28.8. The summed E-state index contributed by atoms with van der Waals surface area (Å²) in [7, 11) is -8.97. The zero-order chi connectivity index (χ0) is 29.2. The number of nitrogens with one attached hydrogen (secondary N) is 3. The van der Waals surface area contributed by atoms with Crippen LogP contribution in [0.25, 0.3) is 11.0 Å². The van der Waals surface area contributed by atoms with Crippen molar-refractivity contribution in [1.29, 1.82) is 0 Å². The number of benzene rings is 1. The molecule has 0 bridgehead atoms. The van der Waals surface area contributed by atoms with E-state index in [2.05, 4.69) is 19.4 Å². The number of aromatic hydroxyl groups is 1. The number of carbonyl (C=O) groups is 1. The Hall–Kier alpha value is -4.22. The van der Waals surface area contributed by atoms with Gasteiger partial charge in [-0.3, -0.25) is 14.1 Å². The van der Waals surface area contributed by atoms with Crippen LogP contribution in [-0.2, 0) is 31.5 Å². The highest BCUT2D eigenvalue weighted by atomic mass is 32.2. The lowest BCUT2D eigenvalue weighted by Gasteiger charge is -2.21. The minimum absolute atomic E-state index is 0.0151. The number of sulfonamides is 1. The minimum Gasteiger partial charge on any atom is -0.506 e. The highest BCUT2D eigenvalue weighted by Crippen LogP contribution is 2.33. The Bertz CT molecular complexity index is 1780. The van der Waals surface area contributed by atoms with E-state index in [1.165, 1.54) is 22.9 Å². The van der Waals surface area contributed by atoms with Gasteiger partial charge < -0.3 is 20.9 Å². The number of fused-ring (bicyclic) bond motifs is 2. The molecular formula is C23H27N7O8S2. The van der Waals surface area contributed by atoms with Crippen LogP contribution in [0.3, 0.4) is 0 Å². The molecule has 6 N–H and O–H groups in total. The zero-order valence-corrected chi connectivity index (χ0v) is 23.0. The summed E-state index contributed by atoms with van der Waals surface area (Å²) in [4.78, 5) is 28.9. The molecule has 1 aliphatic heterocycles. The summed E-state index contributed by atoms with van der Waals surface area (Å²) in [5, 5.41) is 14.0. The van der Waals surface area contributed by atoms with Crippen molar-refractivity contribution >= 4 is 54.6 Å². The van der Waals surface area contributed by atoms with E-state index in [9.17, 15) is 31.5 Å². The number of hydrogen-bond acceptors (Lipinski definition) is 11. The molecule has 40 heavy (non-hydrogen) atoms. The summed E-state index contributed by atoms with van der Waals surface area (Å²) in [6, 6.07) is 6.56. The molecule has 1 amide bonds. The van der Waals surface area contributed by atoms with E-state index >= 15 is 0 Å². The summed E-state index contributed by atoms with van der Waals surface area (Å²) >= 11 is 0. The Labute approximate surface area is 229 Å². The molecule has 0 fully saturated rings. The first-order valence-corrected chi connectivity index (χ1v) is 14.9. The molecule has 214 valence electrons. The highest BCUT2D eigenvalue weighted by molar-refractivity contribution is 7.91. The van der Waals surface area contributed by atoms with Gasteiger partial charge in [-0.05, 0) is 42.7 Å². The van der Waals surface area contributed by atoms with Crippen LogP contribution in [0.15, 0.2) is 50.6 Å². The standard InChI is InChI=1S/C23H27N7O8S2/c1-13(2)7-10-30-21-15(4-3-9-25-21)19(31)18(22(30)32)20-26-16-6-5-14(12-17(16)39(34,35)28-20)27-40(36,37)29-23(33)38-11-8-24/h3-6,9,12-13,27,31H,7-8,10-11,24H2,1-2H3,(H,26,28)(H,29,33). The number of aryl methyl sites for hydroxylation is 1. The number of nitrogens with two attached hydrogens (primary N) is 1. The minimum atomic E-state index is -4.49. The molecular weight excluding hydrogens is 566 g/mol. The van der Waals surface area contributed by atoms with Crippen LogP contribution in [0.5, 0.6) is 5.75 Å². The lowest BCUT2D eigenvalue weighted by atomic mass is 10.1. The van der Waals surface area contributed by atoms with Crippen molar-refractivity contribution in [3.63, 3.8) is 0 Å². The van der Waals surface area contributed by atoms with E-state index in [-0.39, 0.29) is 53.6 Å². The van der Waals surface area contributed by atoms with Gasteiger partial charge in [0.15, 0.2) is 5.84 Å². The molecule has 0 unspecified atom stereocenters. The van der Waals surface area contributed by atoms with Gasteiger partial charge in [-0.25, -0.2) is 14.5 Å². The van der Waals surface area contributed by atoms with Crippen molar-refractivity contribution < 1.29 is 31.5 Å². The average Bonchev–Trinajstić information content (AvgIpc) is 2.87. The van der Waals surface area contributed by atoms with Gasteiger partial charge in [0.25, 0.3) is 15.6 Å². The summed E-state index contributed by atoms with van der Waals surface area (Å²) in [6.07, 6.45) is 0.826. The molecule has 0 aliphatic carbocycles. The second-order valence-electron chi connectivity index (χ2n) is 9.12. The number of amides is 1. The zero-order valence-electron chi connectivity index (χ0n) is 21.4. The molecule has 0 saturated carbocycles. The van der Waals surface area contributed by atoms with Crippen molar-refractivity contribution in [3.05, 3.63) is 52.4 Å². The predicted molar refractivity (Wildman–Crippen MR) is 147 cm³/mol. The largest absolute Gasteiger partial charge is 0.506 e. The Kier molecular flexibility index (Phi) is 7.99. The molecule has 2 aromatic heterocycles. The molecule has 4 rings (SSSR count). The van der Waals surface area contributed by atoms with Crippen molar-refractivity contribution in [2.45, 2.75) is 31.7 Å². The van der Waals surface area contributed by atoms with Gasteiger partial charge in [-0.2, -0.15) is 16.8 Å². The Morgan fingerprint density at radius 2 is 2.02 bits per heavy atom. The molecule has 1 aromatic carbocycles. The highest BCUT2D eigenvalue weighted by Gasteiger charge is 2.31. The van der Waals surface area contributed by atoms with E-state index in [0.717, 1.165) is 6.07 Å². The van der Waals surface area contributed by atoms with Crippen LogP contribution < -0.4 is 26.1 Å². The lowest BCUT2D eigenvalue weighted by molar-refractivity contribution is 0.156. The van der Waals surface area contributed by atoms with Gasteiger partial charge in [0.2, 0.25) is 0 Å². The molecule has 1 aliphatic rings. The first-order chi connectivity index (χ1) is 18.8. The van der Waals surface area contributed by atoms with Crippen LogP contribution >= 0.6 is 0 Å². The van der Waals surface area contributed by atoms with E-state index in [4.69, 9.17) is 5.73 Å². The normalized spacial score (nSPS) is 14.2. The van der Waals surface area contributed by atoms with Crippen molar-refractivity contribution in [1.82, 2.24) is 14.3 Å². The van der Waals surface area contributed by atoms with Gasteiger partial charge in [0, 0.05) is 19.3 Å². The fourth-order valence-electron chi connectivity index (χ4n) is 3.87. The van der Waals surface area contributed by atoms with Gasteiger partial charge >= 0.3 is 16.3 Å². The number of pyridine rings is 2. The smallest absolute Gasteiger partial charge is 0.422 e. The molecule has 0 spiro atoms. The fraction of sp³-hybridized carbons (Fsp3) is 0.304. The van der Waals surface area contributed by atoms with Crippen LogP contribution in [0.2, 0.25) is 0 Å². The third-order valence-electron chi connectivity index (χ3n) is 5.71. The predicted octanol–water partition coefficient (Wildman–Crippen LogP) is 1.05. The van der Waals surface area contributed by atoms with Crippen molar-refractivity contribution in [2.24, 2.45) is 16.0 Å². The van der Waals surface area contributed by atoms with Crippen molar-refractivity contribution in [3.8, 4) is 5.75 Å². The van der Waals surface area contributed by atoms with E-state index in [1.807, 2.05) is 18.6 Å². The Morgan fingerprint density at radius 1 is 1.27 bits per heavy atom. The van der Waals surface area contributed by atoms with Crippen LogP contribution in [0.4, 0.5) is 16.2 Å². The summed E-state index contributed by atoms with van der Waals surface area (Å²) in [5.41, 5.74) is 4.15. The quantitative estimate of drug-likeness (QED) is 0.236. The van der Waals surface area contributed by atoms with E-state index < -0.39 is 48.4 Å². The molecule has 0 saturated heterocycles. The summed E-state index contributed by atoms with van der Waals surface area (Å²) < 4.78 is 64.0. The molecule has 17 heteroatoms. The van der Waals surface area contributed by atoms with Crippen LogP contribution in [0, 0.1) is 5.92 Å². The van der Waals surface area contributed by atoms with Gasteiger partial charge in [0.05, 0.1) is 16.8 Å². The third kappa shape index (κ3) is 6.00. The summed E-state index contributed by atoms with van der Waals surface area (Å²) in [5.74, 6) is -0.647. The SMILES string of the molecule is CC(C)CCn1c(=O)c(C2=NS(=O)(=O)c3cc(NS(=O)(=O)NC(=O)OCCN)ccc3N2)c(O)c2cccnc21. The number of hydrogen-bond donors (Lipinski definition) is 5. The number of aromatic nitrogens is 2. The van der Waals surface area contributed by atoms with Gasteiger partial charge in [-0.1, -0.05) is 13.8 Å². The van der Waals surface area contributed by atoms with Gasteiger partial charge in [-0.15, -0.1) is 4.40 Å². The van der Waals surface area contributed by atoms with Gasteiger partial charge in [0.1, 0.15) is 28.5 Å². The van der Waals surface area contributed by atoms with Crippen molar-refractivity contribution in [2.75, 3.05) is 23.2 Å².